The Morgan fingerprint density at radius 3 is 2.69 bits per heavy atom. The van der Waals surface area contributed by atoms with Crippen LogP contribution in [0.1, 0.15) is 34.2 Å². The number of hydrogen-bond donors (Lipinski definition) is 3. The van der Waals surface area contributed by atoms with Crippen molar-refractivity contribution in [3.8, 4) is 17.5 Å². The van der Waals surface area contributed by atoms with Crippen LogP contribution in [0, 0.1) is 11.8 Å². The number of anilines is 2. The third-order valence-electron chi connectivity index (χ3n) is 6.08. The van der Waals surface area contributed by atoms with Crippen molar-refractivity contribution in [3.63, 3.8) is 0 Å². The van der Waals surface area contributed by atoms with Gasteiger partial charge in [-0.3, -0.25) is 14.2 Å². The summed E-state index contributed by atoms with van der Waals surface area (Å²) >= 11 is 0. The fraction of sp³-hybridized carbons (Fsp3) is 0.103. The SMILES string of the molecule is CCc1cc2cccc(C#Cc3cocn3)c2c(=O)n1-c1ccccc1.NC(=O)c1c(N)nn2c1NCC=C2. The first-order valence-electron chi connectivity index (χ1n) is 12.2. The summed E-state index contributed by atoms with van der Waals surface area (Å²) in [6, 6.07) is 17.5. The van der Waals surface area contributed by atoms with Gasteiger partial charge in [-0.1, -0.05) is 43.2 Å². The topological polar surface area (TPSA) is 147 Å². The van der Waals surface area contributed by atoms with Gasteiger partial charge in [0.05, 0.1) is 5.39 Å². The van der Waals surface area contributed by atoms with Gasteiger partial charge in [0.2, 0.25) is 0 Å². The van der Waals surface area contributed by atoms with Gasteiger partial charge < -0.3 is 21.2 Å². The predicted molar refractivity (Wildman–Crippen MR) is 150 cm³/mol. The number of carbonyl (C=O) groups excluding carboxylic acids is 1. The maximum Gasteiger partial charge on any atom is 0.264 e. The standard InChI is InChI=1S/C22H16N2O2.C7H9N5O/c1-2-19-13-17-8-6-7-16(11-12-18-14-26-15-23-18)21(17)22(25)24(19)20-9-4-3-5-10-20;8-5-4(6(9)13)7-10-2-1-3-12(7)11-5/h3-10,13-15H,2H2,1H3;1,3,10H,2H2,(H2,8,11)(H2,9,13). The molecule has 0 unspecified atom stereocenters. The number of nitrogens with zero attached hydrogens (tertiary/aromatic N) is 4. The van der Waals surface area contributed by atoms with Crippen molar-refractivity contribution < 1.29 is 9.21 Å². The molecular weight excluding hydrogens is 494 g/mol. The number of pyridine rings is 1. The summed E-state index contributed by atoms with van der Waals surface area (Å²) in [7, 11) is 0. The van der Waals surface area contributed by atoms with Gasteiger partial charge in [0.25, 0.3) is 11.5 Å². The first-order valence-corrected chi connectivity index (χ1v) is 12.2. The number of primary amides is 1. The van der Waals surface area contributed by atoms with Crippen molar-refractivity contribution in [2.45, 2.75) is 13.3 Å². The summed E-state index contributed by atoms with van der Waals surface area (Å²) in [4.78, 5) is 28.3. The van der Waals surface area contributed by atoms with Gasteiger partial charge in [-0.2, -0.15) is 0 Å². The van der Waals surface area contributed by atoms with E-state index in [4.69, 9.17) is 15.9 Å². The first kappa shape index (κ1) is 25.1. The Bertz CT molecular complexity index is 1810. The Morgan fingerprint density at radius 1 is 1.15 bits per heavy atom. The molecule has 5 N–H and O–H groups in total. The molecule has 0 spiro atoms. The van der Waals surface area contributed by atoms with Crippen LogP contribution in [0.15, 0.2) is 82.5 Å². The molecule has 0 atom stereocenters. The second-order valence-electron chi connectivity index (χ2n) is 8.54. The normalized spacial score (nSPS) is 11.5. The zero-order valence-corrected chi connectivity index (χ0v) is 21.1. The molecule has 0 fully saturated rings. The fourth-order valence-corrected chi connectivity index (χ4v) is 4.33. The molecule has 194 valence electrons. The van der Waals surface area contributed by atoms with Crippen LogP contribution in [0.3, 0.4) is 0 Å². The number of nitrogens with one attached hydrogen (secondary N) is 1. The van der Waals surface area contributed by atoms with Crippen LogP contribution in [0.4, 0.5) is 11.6 Å². The van der Waals surface area contributed by atoms with E-state index in [1.807, 2.05) is 61.5 Å². The Balaban J connectivity index is 0.000000198. The maximum atomic E-state index is 13.4. The lowest BCUT2D eigenvalue weighted by molar-refractivity contribution is 0.100. The van der Waals surface area contributed by atoms with Crippen molar-refractivity contribution >= 4 is 34.5 Å². The lowest BCUT2D eigenvalue weighted by Crippen LogP contribution is -2.22. The summed E-state index contributed by atoms with van der Waals surface area (Å²) in [6.07, 6.45) is 7.17. The third kappa shape index (κ3) is 5.01. The average molecular weight is 520 g/mol. The molecule has 1 aliphatic heterocycles. The van der Waals surface area contributed by atoms with E-state index in [0.29, 0.717) is 29.0 Å². The molecule has 39 heavy (non-hydrogen) atoms. The van der Waals surface area contributed by atoms with Gasteiger partial charge in [0, 0.05) is 29.7 Å². The van der Waals surface area contributed by atoms with Crippen LogP contribution in [0.2, 0.25) is 0 Å². The molecule has 0 saturated heterocycles. The number of benzene rings is 2. The molecule has 2 aromatic carbocycles. The monoisotopic (exact) mass is 519 g/mol. The number of carbonyl (C=O) groups is 1. The second-order valence-corrected chi connectivity index (χ2v) is 8.54. The van der Waals surface area contributed by atoms with Crippen LogP contribution in [0.25, 0.3) is 22.7 Å². The highest BCUT2D eigenvalue weighted by Gasteiger charge is 2.20. The lowest BCUT2D eigenvalue weighted by Gasteiger charge is -2.14. The lowest BCUT2D eigenvalue weighted by atomic mass is 10.0. The molecule has 3 aromatic heterocycles. The first-order chi connectivity index (χ1) is 19.0. The van der Waals surface area contributed by atoms with E-state index in [0.717, 1.165) is 23.2 Å². The van der Waals surface area contributed by atoms with E-state index < -0.39 is 5.91 Å². The summed E-state index contributed by atoms with van der Waals surface area (Å²) in [5.74, 6) is 6.16. The highest BCUT2D eigenvalue weighted by Crippen LogP contribution is 2.23. The van der Waals surface area contributed by atoms with Crippen molar-refractivity contribution in [3.05, 3.63) is 106 Å². The minimum absolute atomic E-state index is 0.0596. The van der Waals surface area contributed by atoms with Crippen LogP contribution >= 0.6 is 0 Å². The van der Waals surface area contributed by atoms with Crippen molar-refractivity contribution in [2.24, 2.45) is 5.73 Å². The molecule has 6 rings (SSSR count). The fourth-order valence-electron chi connectivity index (χ4n) is 4.33. The van der Waals surface area contributed by atoms with Crippen molar-refractivity contribution in [2.75, 3.05) is 17.6 Å². The number of fused-ring (bicyclic) bond motifs is 2. The van der Waals surface area contributed by atoms with Crippen molar-refractivity contribution in [1.29, 1.82) is 0 Å². The van der Waals surface area contributed by atoms with Crippen LogP contribution < -0.4 is 22.3 Å². The Morgan fingerprint density at radius 2 is 1.97 bits per heavy atom. The summed E-state index contributed by atoms with van der Waals surface area (Å²) < 4.78 is 8.21. The number of rotatable bonds is 3. The van der Waals surface area contributed by atoms with Gasteiger partial charge >= 0.3 is 0 Å². The van der Waals surface area contributed by atoms with E-state index in [2.05, 4.69) is 33.3 Å². The van der Waals surface area contributed by atoms with Crippen LogP contribution in [-0.4, -0.2) is 31.8 Å². The van der Waals surface area contributed by atoms with Crippen LogP contribution in [-0.2, 0) is 6.42 Å². The highest BCUT2D eigenvalue weighted by atomic mass is 16.3. The molecule has 0 bridgehead atoms. The number of oxazole rings is 1. The molecule has 1 aliphatic rings. The van der Waals surface area contributed by atoms with Gasteiger partial charge in [-0.25, -0.2) is 9.67 Å². The number of nitrogens with two attached hydrogens (primary N) is 2. The summed E-state index contributed by atoms with van der Waals surface area (Å²) in [6.45, 7) is 2.69. The van der Waals surface area contributed by atoms with E-state index in [9.17, 15) is 9.59 Å². The minimum atomic E-state index is -0.568. The smallest absolute Gasteiger partial charge is 0.264 e. The summed E-state index contributed by atoms with van der Waals surface area (Å²) in [5, 5.41) is 8.39. The zero-order chi connectivity index (χ0) is 27.4. The second kappa shape index (κ2) is 10.8. The molecule has 10 nitrogen and oxygen atoms in total. The Hall–Kier alpha value is -5.56. The molecule has 1 amide bonds. The van der Waals surface area contributed by atoms with Crippen molar-refractivity contribution in [1.82, 2.24) is 19.3 Å². The molecule has 4 heterocycles. The third-order valence-corrected chi connectivity index (χ3v) is 6.08. The van der Waals surface area contributed by atoms with Gasteiger partial charge in [-0.15, -0.1) is 5.10 Å². The minimum Gasteiger partial charge on any atom is -0.450 e. The number of para-hydroxylation sites is 1. The quantitative estimate of drug-likeness (QED) is 0.310. The largest absolute Gasteiger partial charge is 0.450 e. The summed E-state index contributed by atoms with van der Waals surface area (Å²) in [5.41, 5.74) is 13.9. The number of hydrogen-bond acceptors (Lipinski definition) is 7. The molecule has 5 aromatic rings. The number of aryl methyl sites for hydroxylation is 1. The Labute approximate surface area is 223 Å². The number of amides is 1. The van der Waals surface area contributed by atoms with E-state index in [1.165, 1.54) is 17.3 Å². The number of nitrogen functional groups attached to an aromatic ring is 1. The zero-order valence-electron chi connectivity index (χ0n) is 21.1. The van der Waals surface area contributed by atoms with Crippen LogP contribution in [0.5, 0.6) is 0 Å². The number of aromatic nitrogens is 4. The van der Waals surface area contributed by atoms with E-state index in [-0.39, 0.29) is 16.9 Å². The molecular formula is C29H25N7O3. The van der Waals surface area contributed by atoms with E-state index in [1.54, 1.807) is 10.8 Å². The predicted octanol–water partition coefficient (Wildman–Crippen LogP) is 3.40. The maximum absolute atomic E-state index is 13.4. The molecule has 0 aliphatic carbocycles. The van der Waals surface area contributed by atoms with E-state index >= 15 is 0 Å². The molecule has 0 radical (unpaired) electrons. The molecule has 10 heteroatoms. The van der Waals surface area contributed by atoms with Gasteiger partial charge in [0.1, 0.15) is 17.6 Å². The molecule has 0 saturated carbocycles. The highest BCUT2D eigenvalue weighted by molar-refractivity contribution is 6.02. The Kier molecular flexibility index (Phi) is 6.96. The average Bonchev–Trinajstić information content (AvgIpc) is 3.59. The van der Waals surface area contributed by atoms with Gasteiger partial charge in [0.15, 0.2) is 17.9 Å². The van der Waals surface area contributed by atoms with Gasteiger partial charge in [-0.05, 0) is 48.1 Å².